The highest BCUT2D eigenvalue weighted by atomic mass is 32.1. The summed E-state index contributed by atoms with van der Waals surface area (Å²) in [6, 6.07) is 18.8. The Balaban J connectivity index is 1.48. The van der Waals surface area contributed by atoms with Gasteiger partial charge < -0.3 is 5.32 Å². The average molecular weight is 379 g/mol. The van der Waals surface area contributed by atoms with E-state index in [1.54, 1.807) is 12.1 Å². The predicted octanol–water partition coefficient (Wildman–Crippen LogP) is 4.21. The van der Waals surface area contributed by atoms with Crippen molar-refractivity contribution in [2.75, 3.05) is 5.32 Å². The topological polar surface area (TPSA) is 71.1 Å². The highest BCUT2D eigenvalue weighted by Crippen LogP contribution is 2.18. The molecule has 0 aliphatic carbocycles. The van der Waals surface area contributed by atoms with Crippen molar-refractivity contribution in [3.05, 3.63) is 82.9 Å². The Kier molecular flexibility index (Phi) is 6.33. The van der Waals surface area contributed by atoms with Crippen LogP contribution in [0.4, 0.5) is 5.13 Å². The molecule has 0 fully saturated rings. The van der Waals surface area contributed by atoms with Crippen LogP contribution < -0.4 is 10.6 Å². The number of benzene rings is 2. The van der Waals surface area contributed by atoms with Crippen LogP contribution in [-0.2, 0) is 11.2 Å². The zero-order chi connectivity index (χ0) is 19.1. The number of carbonyl (C=O) groups is 2. The zero-order valence-electron chi connectivity index (χ0n) is 15.0. The quantitative estimate of drug-likeness (QED) is 0.646. The first-order valence-electron chi connectivity index (χ1n) is 8.77. The third-order valence-electron chi connectivity index (χ3n) is 4.09. The third-order valence-corrected chi connectivity index (χ3v) is 4.90. The van der Waals surface area contributed by atoms with Crippen molar-refractivity contribution in [1.82, 2.24) is 10.3 Å². The zero-order valence-corrected chi connectivity index (χ0v) is 15.8. The molecule has 2 amide bonds. The van der Waals surface area contributed by atoms with E-state index in [0.717, 1.165) is 11.3 Å². The van der Waals surface area contributed by atoms with Crippen molar-refractivity contribution >= 4 is 28.3 Å². The Morgan fingerprint density at radius 1 is 1.04 bits per heavy atom. The standard InChI is InChI=1S/C21H21N3O2S/c1-15(16-8-4-2-5-9-16)22-19(25)13-12-18-14-27-21(23-18)24-20(26)17-10-6-3-7-11-17/h2-11,14-15H,12-13H2,1H3,(H,22,25)(H,23,24,26). The first-order chi connectivity index (χ1) is 13.1. The van der Waals surface area contributed by atoms with E-state index < -0.39 is 0 Å². The fraction of sp³-hybridized carbons (Fsp3) is 0.190. The average Bonchev–Trinajstić information content (AvgIpc) is 3.15. The molecule has 1 atom stereocenters. The molecule has 0 saturated carbocycles. The monoisotopic (exact) mass is 379 g/mol. The second-order valence-corrected chi connectivity index (χ2v) is 7.02. The molecular weight excluding hydrogens is 358 g/mol. The van der Waals surface area contributed by atoms with Gasteiger partial charge in [-0.15, -0.1) is 11.3 Å². The Morgan fingerprint density at radius 3 is 2.41 bits per heavy atom. The minimum absolute atomic E-state index is 0.0192. The van der Waals surface area contributed by atoms with Gasteiger partial charge in [0.25, 0.3) is 5.91 Å². The van der Waals surface area contributed by atoms with Gasteiger partial charge in [0.05, 0.1) is 11.7 Å². The van der Waals surface area contributed by atoms with Gasteiger partial charge in [-0.1, -0.05) is 48.5 Å². The Bertz CT molecular complexity index is 894. The van der Waals surface area contributed by atoms with E-state index in [1.807, 2.05) is 60.8 Å². The summed E-state index contributed by atoms with van der Waals surface area (Å²) in [5, 5.41) is 8.19. The SMILES string of the molecule is CC(NC(=O)CCc1csc(NC(=O)c2ccccc2)n1)c1ccccc1. The number of aromatic nitrogens is 1. The molecule has 1 aromatic heterocycles. The molecule has 0 radical (unpaired) electrons. The minimum atomic E-state index is -0.189. The Morgan fingerprint density at radius 2 is 1.70 bits per heavy atom. The number of hydrogen-bond acceptors (Lipinski definition) is 4. The molecule has 5 nitrogen and oxygen atoms in total. The van der Waals surface area contributed by atoms with Crippen molar-refractivity contribution < 1.29 is 9.59 Å². The molecule has 27 heavy (non-hydrogen) atoms. The lowest BCUT2D eigenvalue weighted by molar-refractivity contribution is -0.121. The van der Waals surface area contributed by atoms with E-state index in [0.29, 0.717) is 23.5 Å². The number of nitrogens with zero attached hydrogens (tertiary/aromatic N) is 1. The van der Waals surface area contributed by atoms with Crippen molar-refractivity contribution in [2.45, 2.75) is 25.8 Å². The van der Waals surface area contributed by atoms with Crippen LogP contribution in [0.15, 0.2) is 66.0 Å². The van der Waals surface area contributed by atoms with E-state index in [4.69, 9.17) is 0 Å². The molecule has 0 bridgehead atoms. The molecule has 2 aromatic carbocycles. The lowest BCUT2D eigenvalue weighted by Gasteiger charge is -2.13. The van der Waals surface area contributed by atoms with Crippen molar-refractivity contribution in [1.29, 1.82) is 0 Å². The van der Waals surface area contributed by atoms with Crippen LogP contribution in [0.25, 0.3) is 0 Å². The lowest BCUT2D eigenvalue weighted by Crippen LogP contribution is -2.26. The summed E-state index contributed by atoms with van der Waals surface area (Å²) in [4.78, 5) is 28.7. The number of amides is 2. The maximum Gasteiger partial charge on any atom is 0.257 e. The lowest BCUT2D eigenvalue weighted by atomic mass is 10.1. The summed E-state index contributed by atoms with van der Waals surface area (Å²) in [6.07, 6.45) is 0.887. The van der Waals surface area contributed by atoms with Gasteiger partial charge in [-0.05, 0) is 31.0 Å². The van der Waals surface area contributed by atoms with Gasteiger partial charge in [0, 0.05) is 17.4 Å². The van der Waals surface area contributed by atoms with Crippen LogP contribution in [0.5, 0.6) is 0 Å². The van der Waals surface area contributed by atoms with Gasteiger partial charge in [-0.2, -0.15) is 0 Å². The maximum atomic E-state index is 12.2. The molecule has 0 saturated heterocycles. The number of hydrogen-bond donors (Lipinski definition) is 2. The van der Waals surface area contributed by atoms with Crippen LogP contribution in [0.1, 0.15) is 41.0 Å². The van der Waals surface area contributed by atoms with Crippen molar-refractivity contribution in [2.24, 2.45) is 0 Å². The second-order valence-electron chi connectivity index (χ2n) is 6.16. The van der Waals surface area contributed by atoms with E-state index >= 15 is 0 Å². The summed E-state index contributed by atoms with van der Waals surface area (Å²) >= 11 is 1.36. The predicted molar refractivity (Wildman–Crippen MR) is 108 cm³/mol. The largest absolute Gasteiger partial charge is 0.350 e. The van der Waals surface area contributed by atoms with Gasteiger partial charge in [-0.25, -0.2) is 4.98 Å². The fourth-order valence-corrected chi connectivity index (χ4v) is 3.36. The van der Waals surface area contributed by atoms with E-state index in [9.17, 15) is 9.59 Å². The second kappa shape index (κ2) is 9.09. The number of anilines is 1. The molecule has 0 spiro atoms. The summed E-state index contributed by atoms with van der Waals surface area (Å²) in [7, 11) is 0. The Hall–Kier alpha value is -2.99. The third kappa shape index (κ3) is 5.49. The maximum absolute atomic E-state index is 12.2. The molecule has 1 unspecified atom stereocenters. The number of carbonyl (C=O) groups excluding carboxylic acids is 2. The molecule has 0 aliphatic rings. The van der Waals surface area contributed by atoms with Crippen LogP contribution in [0.2, 0.25) is 0 Å². The van der Waals surface area contributed by atoms with Crippen molar-refractivity contribution in [3.8, 4) is 0 Å². The first kappa shape index (κ1) is 18.8. The summed E-state index contributed by atoms with van der Waals surface area (Å²) in [5.74, 6) is -0.208. The van der Waals surface area contributed by atoms with Gasteiger partial charge in [0.15, 0.2) is 5.13 Å². The number of aryl methyl sites for hydroxylation is 1. The Labute approximate surface area is 162 Å². The van der Waals surface area contributed by atoms with E-state index in [2.05, 4.69) is 15.6 Å². The molecule has 6 heteroatoms. The number of rotatable bonds is 7. The van der Waals surface area contributed by atoms with Crippen LogP contribution >= 0.6 is 11.3 Å². The summed E-state index contributed by atoms with van der Waals surface area (Å²) < 4.78 is 0. The normalized spacial score (nSPS) is 11.6. The molecule has 1 heterocycles. The fourth-order valence-electron chi connectivity index (χ4n) is 2.62. The van der Waals surface area contributed by atoms with Crippen molar-refractivity contribution in [3.63, 3.8) is 0 Å². The minimum Gasteiger partial charge on any atom is -0.350 e. The number of thiazole rings is 1. The highest BCUT2D eigenvalue weighted by Gasteiger charge is 2.12. The van der Waals surface area contributed by atoms with Crippen LogP contribution in [0.3, 0.4) is 0 Å². The summed E-state index contributed by atoms with van der Waals surface area (Å²) in [5.41, 5.74) is 2.46. The highest BCUT2D eigenvalue weighted by molar-refractivity contribution is 7.14. The molecule has 138 valence electrons. The van der Waals surface area contributed by atoms with Gasteiger partial charge in [0.2, 0.25) is 5.91 Å². The molecule has 0 aliphatic heterocycles. The molecule has 2 N–H and O–H groups in total. The number of nitrogens with one attached hydrogen (secondary N) is 2. The first-order valence-corrected chi connectivity index (χ1v) is 9.65. The smallest absolute Gasteiger partial charge is 0.257 e. The van der Waals surface area contributed by atoms with Crippen LogP contribution in [0, 0.1) is 0 Å². The molecule has 3 rings (SSSR count). The van der Waals surface area contributed by atoms with E-state index in [1.165, 1.54) is 11.3 Å². The van der Waals surface area contributed by atoms with E-state index in [-0.39, 0.29) is 17.9 Å². The summed E-state index contributed by atoms with van der Waals surface area (Å²) in [6.45, 7) is 1.97. The van der Waals surface area contributed by atoms with Crippen LogP contribution in [-0.4, -0.2) is 16.8 Å². The van der Waals surface area contributed by atoms with Gasteiger partial charge in [-0.3, -0.25) is 14.9 Å². The molecular formula is C21H21N3O2S. The van der Waals surface area contributed by atoms with Gasteiger partial charge in [0.1, 0.15) is 0 Å². The van der Waals surface area contributed by atoms with Gasteiger partial charge >= 0.3 is 0 Å². The molecule has 3 aromatic rings.